The molecule has 0 aliphatic carbocycles. The highest BCUT2D eigenvalue weighted by atomic mass is 16.5. The van der Waals surface area contributed by atoms with Crippen LogP contribution in [0.5, 0.6) is 46.0 Å². The minimum Gasteiger partial charge on any atom is -0.504 e. The molecule has 30 heavy (non-hydrogen) atoms. The molecule has 0 bridgehead atoms. The van der Waals surface area contributed by atoms with Crippen LogP contribution >= 0.6 is 0 Å². The van der Waals surface area contributed by atoms with E-state index in [-0.39, 0.29) is 46.0 Å². The van der Waals surface area contributed by atoms with Crippen LogP contribution < -0.4 is 18.9 Å². The minimum atomic E-state index is -0.0810. The minimum absolute atomic E-state index is 0.0336. The highest BCUT2D eigenvalue weighted by Crippen LogP contribution is 2.45. The Balaban J connectivity index is 1.97. The smallest absolute Gasteiger partial charge is 0.167 e. The first kappa shape index (κ1) is 23.1. The van der Waals surface area contributed by atoms with Crippen LogP contribution in [0.3, 0.4) is 0 Å². The molecule has 2 rings (SSSR count). The molecule has 0 amide bonds. The van der Waals surface area contributed by atoms with Gasteiger partial charge in [0.15, 0.2) is 46.0 Å². The van der Waals surface area contributed by atoms with E-state index in [0.29, 0.717) is 24.0 Å². The van der Waals surface area contributed by atoms with Gasteiger partial charge < -0.3 is 39.4 Å². The maximum absolute atomic E-state index is 10.3. The predicted molar refractivity (Wildman–Crippen MR) is 112 cm³/mol. The van der Waals surface area contributed by atoms with Crippen molar-refractivity contribution < 1.29 is 39.4 Å². The lowest BCUT2D eigenvalue weighted by atomic mass is 10.00. The van der Waals surface area contributed by atoms with Crippen molar-refractivity contribution in [2.45, 2.75) is 38.5 Å². The number of unbranched alkanes of at least 4 members (excludes halogenated alkanes) is 3. The Bertz CT molecular complexity index is 792. The maximum Gasteiger partial charge on any atom is 0.167 e. The van der Waals surface area contributed by atoms with Gasteiger partial charge in [0.1, 0.15) is 0 Å². The number of phenols is 4. The first-order valence-electron chi connectivity index (χ1n) is 9.71. The van der Waals surface area contributed by atoms with Crippen molar-refractivity contribution in [3.63, 3.8) is 0 Å². The standard InChI is InChI=1S/C22H30O8/c1-27-17-11-15(23)21(29-3)13(19(17)25)9-7-5-6-8-10-14-20(26)18(28-2)12-16(24)22(14)30-4/h11-12,23-26H,5-10H2,1-4H3. The summed E-state index contributed by atoms with van der Waals surface area (Å²) in [5.74, 6) is 0.657. The summed E-state index contributed by atoms with van der Waals surface area (Å²) in [7, 11) is 5.72. The van der Waals surface area contributed by atoms with Crippen LogP contribution in [0.1, 0.15) is 36.8 Å². The van der Waals surface area contributed by atoms with E-state index in [9.17, 15) is 20.4 Å². The van der Waals surface area contributed by atoms with Crippen molar-refractivity contribution >= 4 is 0 Å². The zero-order valence-electron chi connectivity index (χ0n) is 17.8. The topological polar surface area (TPSA) is 118 Å². The fourth-order valence-corrected chi connectivity index (χ4v) is 3.53. The third-order valence-electron chi connectivity index (χ3n) is 5.04. The summed E-state index contributed by atoms with van der Waals surface area (Å²) in [5, 5.41) is 40.8. The largest absolute Gasteiger partial charge is 0.504 e. The van der Waals surface area contributed by atoms with Crippen LogP contribution in [0.2, 0.25) is 0 Å². The molecule has 166 valence electrons. The molecule has 0 saturated carbocycles. The Morgan fingerprint density at radius 2 is 0.933 bits per heavy atom. The lowest BCUT2D eigenvalue weighted by Gasteiger charge is -2.15. The molecule has 0 unspecified atom stereocenters. The summed E-state index contributed by atoms with van der Waals surface area (Å²) in [5.41, 5.74) is 1.01. The number of rotatable bonds is 11. The van der Waals surface area contributed by atoms with Gasteiger partial charge in [-0.05, 0) is 25.7 Å². The second-order valence-corrected chi connectivity index (χ2v) is 6.83. The van der Waals surface area contributed by atoms with E-state index in [1.807, 2.05) is 0 Å². The van der Waals surface area contributed by atoms with Crippen LogP contribution in [-0.2, 0) is 12.8 Å². The summed E-state index contributed by atoms with van der Waals surface area (Å²) >= 11 is 0. The van der Waals surface area contributed by atoms with E-state index in [2.05, 4.69) is 0 Å². The molecule has 2 aromatic rings. The summed E-state index contributed by atoms with van der Waals surface area (Å²) in [6.07, 6.45) is 4.22. The van der Waals surface area contributed by atoms with Gasteiger partial charge in [0, 0.05) is 23.3 Å². The molecule has 2 aromatic carbocycles. The zero-order chi connectivity index (χ0) is 22.3. The Morgan fingerprint density at radius 1 is 0.567 bits per heavy atom. The molecule has 0 aliphatic heterocycles. The highest BCUT2D eigenvalue weighted by molar-refractivity contribution is 5.61. The normalized spacial score (nSPS) is 10.7. The van der Waals surface area contributed by atoms with Crippen LogP contribution in [-0.4, -0.2) is 48.9 Å². The summed E-state index contributed by atoms with van der Waals surface area (Å²) < 4.78 is 20.6. The van der Waals surface area contributed by atoms with Crippen molar-refractivity contribution in [1.29, 1.82) is 0 Å². The van der Waals surface area contributed by atoms with Crippen molar-refractivity contribution in [1.82, 2.24) is 0 Å². The second-order valence-electron chi connectivity index (χ2n) is 6.83. The van der Waals surface area contributed by atoms with Crippen LogP contribution in [0.15, 0.2) is 12.1 Å². The number of benzene rings is 2. The average molecular weight is 422 g/mol. The lowest BCUT2D eigenvalue weighted by molar-refractivity contribution is 0.339. The van der Waals surface area contributed by atoms with Crippen LogP contribution in [0.4, 0.5) is 0 Å². The second kappa shape index (κ2) is 10.6. The van der Waals surface area contributed by atoms with Crippen molar-refractivity contribution in [3.8, 4) is 46.0 Å². The highest BCUT2D eigenvalue weighted by Gasteiger charge is 2.20. The van der Waals surface area contributed by atoms with Gasteiger partial charge in [-0.15, -0.1) is 0 Å². The first-order chi connectivity index (χ1) is 14.4. The molecule has 0 radical (unpaired) electrons. The monoisotopic (exact) mass is 422 g/mol. The van der Waals surface area contributed by atoms with E-state index in [0.717, 1.165) is 25.7 Å². The average Bonchev–Trinajstić information content (AvgIpc) is 2.74. The SMILES string of the molecule is COc1cc(O)c(OC)c(CCCCCCc2c(O)c(OC)cc(O)c2OC)c1O. The molecular weight excluding hydrogens is 392 g/mol. The Hall–Kier alpha value is -3.16. The molecule has 0 heterocycles. The molecular formula is C22H30O8. The van der Waals surface area contributed by atoms with Gasteiger partial charge >= 0.3 is 0 Å². The molecule has 8 nitrogen and oxygen atoms in total. The van der Waals surface area contributed by atoms with Gasteiger partial charge in [-0.3, -0.25) is 0 Å². The van der Waals surface area contributed by atoms with Crippen LogP contribution in [0.25, 0.3) is 0 Å². The van der Waals surface area contributed by atoms with E-state index >= 15 is 0 Å². The Morgan fingerprint density at radius 3 is 1.23 bits per heavy atom. The number of ether oxygens (including phenoxy) is 4. The Kier molecular flexibility index (Phi) is 8.15. The van der Waals surface area contributed by atoms with Gasteiger partial charge in [0.25, 0.3) is 0 Å². The third kappa shape index (κ3) is 4.87. The van der Waals surface area contributed by atoms with E-state index in [4.69, 9.17) is 18.9 Å². The fraction of sp³-hybridized carbons (Fsp3) is 0.455. The zero-order valence-corrected chi connectivity index (χ0v) is 17.8. The number of hydrogen-bond donors (Lipinski definition) is 4. The number of phenolic OH excluding ortho intramolecular Hbond substituents is 4. The van der Waals surface area contributed by atoms with Gasteiger partial charge in [0.2, 0.25) is 0 Å². The van der Waals surface area contributed by atoms with E-state index in [1.165, 1.54) is 40.6 Å². The molecule has 0 atom stereocenters. The van der Waals surface area contributed by atoms with Crippen molar-refractivity contribution in [3.05, 3.63) is 23.3 Å². The summed E-state index contributed by atoms with van der Waals surface area (Å²) in [6, 6.07) is 2.64. The number of hydrogen-bond acceptors (Lipinski definition) is 8. The molecule has 0 saturated heterocycles. The number of methoxy groups -OCH3 is 4. The van der Waals surface area contributed by atoms with E-state index in [1.54, 1.807) is 0 Å². The fourth-order valence-electron chi connectivity index (χ4n) is 3.53. The quantitative estimate of drug-likeness (QED) is 0.318. The predicted octanol–water partition coefficient (Wildman–Crippen LogP) is 3.89. The molecule has 0 aromatic heterocycles. The van der Waals surface area contributed by atoms with Gasteiger partial charge in [-0.2, -0.15) is 0 Å². The van der Waals surface area contributed by atoms with Gasteiger partial charge in [-0.25, -0.2) is 0 Å². The summed E-state index contributed by atoms with van der Waals surface area (Å²) in [6.45, 7) is 0. The lowest BCUT2D eigenvalue weighted by Crippen LogP contribution is -1.98. The van der Waals surface area contributed by atoms with E-state index < -0.39 is 0 Å². The van der Waals surface area contributed by atoms with Crippen LogP contribution in [0, 0.1) is 0 Å². The Labute approximate surface area is 176 Å². The summed E-state index contributed by atoms with van der Waals surface area (Å²) in [4.78, 5) is 0. The molecule has 0 spiro atoms. The molecule has 4 N–H and O–H groups in total. The molecule has 0 fully saturated rings. The molecule has 0 aliphatic rings. The van der Waals surface area contributed by atoms with Crippen molar-refractivity contribution in [2.24, 2.45) is 0 Å². The number of aromatic hydroxyl groups is 4. The van der Waals surface area contributed by atoms with Gasteiger partial charge in [0.05, 0.1) is 28.4 Å². The third-order valence-corrected chi connectivity index (χ3v) is 5.04. The van der Waals surface area contributed by atoms with Gasteiger partial charge in [-0.1, -0.05) is 12.8 Å². The molecule has 8 heteroatoms. The first-order valence-corrected chi connectivity index (χ1v) is 9.71. The maximum atomic E-state index is 10.3. The van der Waals surface area contributed by atoms with Crippen molar-refractivity contribution in [2.75, 3.05) is 28.4 Å².